The van der Waals surface area contributed by atoms with E-state index in [4.69, 9.17) is 21.4 Å². The maximum Gasteiger partial charge on any atom is 0.325 e. The summed E-state index contributed by atoms with van der Waals surface area (Å²) in [5, 5.41) is 23.4. The van der Waals surface area contributed by atoms with Crippen LogP contribution in [-0.4, -0.2) is 33.5 Å². The molecule has 3 aromatic rings. The van der Waals surface area contributed by atoms with Gasteiger partial charge in [-0.15, -0.1) is 0 Å². The molecule has 0 fully saturated rings. The van der Waals surface area contributed by atoms with Crippen LogP contribution in [0.5, 0.6) is 17.2 Å². The van der Waals surface area contributed by atoms with Crippen molar-refractivity contribution in [2.24, 2.45) is 0 Å². The summed E-state index contributed by atoms with van der Waals surface area (Å²) in [5.74, 6) is -0.225. The van der Waals surface area contributed by atoms with Crippen LogP contribution in [0.3, 0.4) is 0 Å². The number of pyridine rings is 1. The predicted molar refractivity (Wildman–Crippen MR) is 101 cm³/mol. The van der Waals surface area contributed by atoms with Crippen LogP contribution in [0.15, 0.2) is 42.5 Å². The van der Waals surface area contributed by atoms with Gasteiger partial charge in [0, 0.05) is 15.8 Å². The third-order valence-electron chi connectivity index (χ3n) is 3.86. The lowest BCUT2D eigenvalue weighted by Crippen LogP contribution is -2.26. The van der Waals surface area contributed by atoms with Crippen molar-refractivity contribution in [3.63, 3.8) is 0 Å². The Kier molecular flexibility index (Phi) is 5.14. The lowest BCUT2D eigenvalue weighted by Gasteiger charge is -2.15. The number of aliphatic carboxylic acids is 1. The van der Waals surface area contributed by atoms with Gasteiger partial charge in [0.1, 0.15) is 29.1 Å². The molecule has 0 radical (unpaired) electrons. The maximum absolute atomic E-state index is 11.2. The van der Waals surface area contributed by atoms with Crippen LogP contribution in [0.4, 0.5) is 5.82 Å². The SMILES string of the molecule is C[C@H](Nc1nc(C=O)c(O)c2ccc(Oc3ccc(Cl)cc3)cc12)C(=O)O. The Bertz CT molecular complexity index is 1020. The number of nitrogens with zero attached hydrogens (tertiary/aromatic N) is 1. The van der Waals surface area contributed by atoms with Crippen molar-refractivity contribution in [1.82, 2.24) is 4.98 Å². The lowest BCUT2D eigenvalue weighted by atomic mass is 10.1. The molecule has 0 bridgehead atoms. The van der Waals surface area contributed by atoms with E-state index in [2.05, 4.69) is 10.3 Å². The van der Waals surface area contributed by atoms with E-state index in [1.807, 2.05) is 0 Å². The molecule has 3 N–H and O–H groups in total. The number of hydrogen-bond donors (Lipinski definition) is 3. The van der Waals surface area contributed by atoms with E-state index in [0.29, 0.717) is 33.6 Å². The van der Waals surface area contributed by atoms with Crippen molar-refractivity contribution in [3.05, 3.63) is 53.2 Å². The second-order valence-corrected chi connectivity index (χ2v) is 6.22. The zero-order chi connectivity index (χ0) is 19.6. The summed E-state index contributed by atoms with van der Waals surface area (Å²) in [4.78, 5) is 26.4. The molecule has 2 aromatic carbocycles. The Hall–Kier alpha value is -3.32. The van der Waals surface area contributed by atoms with Crippen LogP contribution in [-0.2, 0) is 4.79 Å². The zero-order valence-corrected chi connectivity index (χ0v) is 14.9. The molecule has 138 valence electrons. The monoisotopic (exact) mass is 386 g/mol. The molecule has 0 saturated carbocycles. The normalized spacial score (nSPS) is 11.8. The van der Waals surface area contributed by atoms with Gasteiger partial charge >= 0.3 is 5.97 Å². The molecular weight excluding hydrogens is 372 g/mol. The first-order valence-electron chi connectivity index (χ1n) is 7.93. The number of rotatable bonds is 6. The number of carboxylic acids is 1. The summed E-state index contributed by atoms with van der Waals surface area (Å²) >= 11 is 5.86. The summed E-state index contributed by atoms with van der Waals surface area (Å²) in [6, 6.07) is 10.6. The second-order valence-electron chi connectivity index (χ2n) is 5.78. The molecule has 0 unspecified atom stereocenters. The summed E-state index contributed by atoms with van der Waals surface area (Å²) in [5.41, 5.74) is -0.186. The number of aromatic hydroxyl groups is 1. The Morgan fingerprint density at radius 2 is 1.85 bits per heavy atom. The van der Waals surface area contributed by atoms with Crippen molar-refractivity contribution in [2.45, 2.75) is 13.0 Å². The molecule has 0 aliphatic heterocycles. The molecule has 27 heavy (non-hydrogen) atoms. The fourth-order valence-electron chi connectivity index (χ4n) is 2.46. The van der Waals surface area contributed by atoms with E-state index in [1.165, 1.54) is 6.92 Å². The molecule has 7 nitrogen and oxygen atoms in total. The van der Waals surface area contributed by atoms with Crippen molar-refractivity contribution in [2.75, 3.05) is 5.32 Å². The number of aromatic nitrogens is 1. The van der Waals surface area contributed by atoms with Crippen LogP contribution in [0.25, 0.3) is 10.8 Å². The first-order valence-corrected chi connectivity index (χ1v) is 8.31. The minimum Gasteiger partial charge on any atom is -0.505 e. The van der Waals surface area contributed by atoms with E-state index in [-0.39, 0.29) is 17.3 Å². The second kappa shape index (κ2) is 7.51. The first-order chi connectivity index (χ1) is 12.9. The average molecular weight is 387 g/mol. The van der Waals surface area contributed by atoms with Crippen molar-refractivity contribution in [1.29, 1.82) is 0 Å². The summed E-state index contributed by atoms with van der Waals surface area (Å²) in [6.45, 7) is 1.44. The van der Waals surface area contributed by atoms with Gasteiger partial charge in [-0.05, 0) is 49.4 Å². The Balaban J connectivity index is 2.08. The van der Waals surface area contributed by atoms with Crippen molar-refractivity contribution < 1.29 is 24.5 Å². The van der Waals surface area contributed by atoms with Gasteiger partial charge in [-0.3, -0.25) is 9.59 Å². The van der Waals surface area contributed by atoms with Gasteiger partial charge in [-0.1, -0.05) is 11.6 Å². The largest absolute Gasteiger partial charge is 0.505 e. The number of hydrogen-bond acceptors (Lipinski definition) is 6. The van der Waals surface area contributed by atoms with Gasteiger partial charge in [0.25, 0.3) is 0 Å². The highest BCUT2D eigenvalue weighted by Crippen LogP contribution is 2.35. The molecule has 8 heteroatoms. The number of carbonyl (C=O) groups excluding carboxylic acids is 1. The third-order valence-corrected chi connectivity index (χ3v) is 4.11. The number of halogens is 1. The van der Waals surface area contributed by atoms with Crippen LogP contribution < -0.4 is 10.1 Å². The molecular formula is C19H15ClN2O5. The highest BCUT2D eigenvalue weighted by atomic mass is 35.5. The summed E-state index contributed by atoms with van der Waals surface area (Å²) in [7, 11) is 0. The topological polar surface area (TPSA) is 109 Å². The van der Waals surface area contributed by atoms with E-state index in [0.717, 1.165) is 0 Å². The quantitative estimate of drug-likeness (QED) is 0.547. The number of carbonyl (C=O) groups is 2. The van der Waals surface area contributed by atoms with Crippen molar-refractivity contribution >= 4 is 40.4 Å². The molecule has 3 rings (SSSR count). The van der Waals surface area contributed by atoms with Crippen LogP contribution in [0.2, 0.25) is 5.02 Å². The highest BCUT2D eigenvalue weighted by molar-refractivity contribution is 6.30. The molecule has 0 spiro atoms. The fraction of sp³-hybridized carbons (Fsp3) is 0.105. The first kappa shape index (κ1) is 18.5. The molecule has 0 aliphatic rings. The number of ether oxygens (including phenoxy) is 1. The molecule has 0 aliphatic carbocycles. The van der Waals surface area contributed by atoms with Gasteiger partial charge in [0.15, 0.2) is 12.0 Å². The third kappa shape index (κ3) is 3.93. The lowest BCUT2D eigenvalue weighted by molar-refractivity contribution is -0.137. The number of aldehydes is 1. The van der Waals surface area contributed by atoms with Gasteiger partial charge in [-0.25, -0.2) is 4.98 Å². The van der Waals surface area contributed by atoms with Crippen molar-refractivity contribution in [3.8, 4) is 17.2 Å². The predicted octanol–water partition coefficient (Wildman–Crippen LogP) is 4.08. The van der Waals surface area contributed by atoms with E-state index in [1.54, 1.807) is 42.5 Å². The van der Waals surface area contributed by atoms with Crippen LogP contribution >= 0.6 is 11.6 Å². The van der Waals surface area contributed by atoms with Gasteiger partial charge in [0.2, 0.25) is 0 Å². The van der Waals surface area contributed by atoms with Gasteiger partial charge < -0.3 is 20.3 Å². The van der Waals surface area contributed by atoms with Crippen LogP contribution in [0.1, 0.15) is 17.4 Å². The highest BCUT2D eigenvalue weighted by Gasteiger charge is 2.18. The number of fused-ring (bicyclic) bond motifs is 1. The smallest absolute Gasteiger partial charge is 0.325 e. The average Bonchev–Trinajstić information content (AvgIpc) is 2.65. The zero-order valence-electron chi connectivity index (χ0n) is 14.1. The van der Waals surface area contributed by atoms with E-state index in [9.17, 15) is 14.7 Å². The Labute approximate surface area is 159 Å². The molecule has 0 saturated heterocycles. The number of nitrogens with one attached hydrogen (secondary N) is 1. The number of benzene rings is 2. The molecule has 1 heterocycles. The molecule has 1 atom stereocenters. The Morgan fingerprint density at radius 1 is 1.19 bits per heavy atom. The minimum absolute atomic E-state index is 0.154. The fourth-order valence-corrected chi connectivity index (χ4v) is 2.58. The van der Waals surface area contributed by atoms with E-state index < -0.39 is 12.0 Å². The summed E-state index contributed by atoms with van der Waals surface area (Å²) in [6.07, 6.45) is 0.406. The van der Waals surface area contributed by atoms with Crippen LogP contribution in [0, 0.1) is 0 Å². The molecule has 0 amide bonds. The minimum atomic E-state index is -1.08. The number of anilines is 1. The Morgan fingerprint density at radius 3 is 2.48 bits per heavy atom. The number of carboxylic acid groups (broad SMARTS) is 1. The maximum atomic E-state index is 11.2. The van der Waals surface area contributed by atoms with E-state index >= 15 is 0 Å². The van der Waals surface area contributed by atoms with Gasteiger partial charge in [-0.2, -0.15) is 0 Å². The molecule has 1 aromatic heterocycles. The standard InChI is InChI=1S/C19H15ClN2O5/c1-10(19(25)26)21-18-15-8-13(27-12-4-2-11(20)3-5-12)6-7-14(15)17(24)16(9-23)22-18/h2-10,24H,1H3,(H,21,22)(H,25,26)/t10-/m0/s1. The van der Waals surface area contributed by atoms with Gasteiger partial charge in [0.05, 0.1) is 0 Å². The summed E-state index contributed by atoms with van der Waals surface area (Å²) < 4.78 is 5.76.